The lowest BCUT2D eigenvalue weighted by Gasteiger charge is -2.33. The minimum atomic E-state index is -3.61. The minimum absolute atomic E-state index is 0.126. The highest BCUT2D eigenvalue weighted by molar-refractivity contribution is 7.99. The first-order valence-corrected chi connectivity index (χ1v) is 13.3. The third-order valence-electron chi connectivity index (χ3n) is 5.64. The summed E-state index contributed by atoms with van der Waals surface area (Å²) in [6.07, 6.45) is 4.63. The Morgan fingerprint density at radius 2 is 2.00 bits per heavy atom. The molecule has 29 heavy (non-hydrogen) atoms. The monoisotopic (exact) mass is 459 g/mol. The molecule has 0 radical (unpaired) electrons. The molecule has 1 aromatic rings. The molecule has 6 nitrogen and oxygen atoms in total. The first-order chi connectivity index (χ1) is 13.9. The molecule has 162 valence electrons. The van der Waals surface area contributed by atoms with Crippen LogP contribution in [0.4, 0.5) is 0 Å². The molecule has 9 heteroatoms. The van der Waals surface area contributed by atoms with Crippen molar-refractivity contribution in [1.29, 1.82) is 0 Å². The Bertz CT molecular complexity index is 813. The van der Waals surface area contributed by atoms with Gasteiger partial charge in [0.15, 0.2) is 0 Å². The van der Waals surface area contributed by atoms with Crippen LogP contribution in [0.5, 0.6) is 0 Å². The van der Waals surface area contributed by atoms with Gasteiger partial charge in [0.2, 0.25) is 10.0 Å². The van der Waals surface area contributed by atoms with Gasteiger partial charge in [0.25, 0.3) is 5.91 Å². The average molecular weight is 460 g/mol. The molecular weight excluding hydrogens is 430 g/mol. The molecule has 2 aliphatic heterocycles. The normalized spacial score (nSPS) is 21.8. The minimum Gasteiger partial charge on any atom is -0.352 e. The molecule has 2 heterocycles. The van der Waals surface area contributed by atoms with Crippen LogP contribution in [0.25, 0.3) is 0 Å². The van der Waals surface area contributed by atoms with Gasteiger partial charge in [-0.05, 0) is 50.9 Å². The van der Waals surface area contributed by atoms with E-state index in [2.05, 4.69) is 17.1 Å². The number of amides is 1. The summed E-state index contributed by atoms with van der Waals surface area (Å²) in [4.78, 5) is 15.2. The van der Waals surface area contributed by atoms with Crippen molar-refractivity contribution < 1.29 is 13.2 Å². The lowest BCUT2D eigenvalue weighted by Crippen LogP contribution is -2.39. The van der Waals surface area contributed by atoms with Crippen molar-refractivity contribution in [3.8, 4) is 0 Å². The van der Waals surface area contributed by atoms with Gasteiger partial charge in [-0.15, -0.1) is 0 Å². The molecule has 2 fully saturated rings. The summed E-state index contributed by atoms with van der Waals surface area (Å²) in [5.74, 6) is 1.25. The lowest BCUT2D eigenvalue weighted by molar-refractivity contribution is 0.0949. The number of carbonyl (C=O) groups excluding carboxylic acids is 1. The molecule has 0 spiro atoms. The Labute approximate surface area is 183 Å². The van der Waals surface area contributed by atoms with Crippen molar-refractivity contribution >= 4 is 39.3 Å². The number of nitrogens with zero attached hydrogens (tertiary/aromatic N) is 2. The van der Waals surface area contributed by atoms with E-state index in [1.54, 1.807) is 11.8 Å². The van der Waals surface area contributed by atoms with E-state index < -0.39 is 10.0 Å². The van der Waals surface area contributed by atoms with E-state index in [0.717, 1.165) is 31.0 Å². The quantitative estimate of drug-likeness (QED) is 0.634. The molecule has 0 saturated carbocycles. The van der Waals surface area contributed by atoms with Crippen LogP contribution in [0.1, 0.15) is 43.0 Å². The molecule has 3 rings (SSSR count). The number of benzene rings is 1. The van der Waals surface area contributed by atoms with E-state index in [1.165, 1.54) is 41.8 Å². The molecule has 1 unspecified atom stereocenters. The van der Waals surface area contributed by atoms with Crippen LogP contribution < -0.4 is 5.32 Å². The number of hydrogen-bond donors (Lipinski definition) is 1. The molecule has 1 atom stereocenters. The number of rotatable bonds is 7. The summed E-state index contributed by atoms with van der Waals surface area (Å²) in [6, 6.07) is 4.98. The fraction of sp³-hybridized carbons (Fsp3) is 0.650. The van der Waals surface area contributed by atoms with Gasteiger partial charge in [-0.2, -0.15) is 16.1 Å². The molecule has 1 N–H and O–H groups in total. The molecule has 0 bridgehead atoms. The smallest absolute Gasteiger partial charge is 0.252 e. The average Bonchev–Trinajstić information content (AvgIpc) is 2.73. The molecule has 1 aromatic carbocycles. The highest BCUT2D eigenvalue weighted by atomic mass is 35.5. The molecule has 1 amide bonds. The van der Waals surface area contributed by atoms with E-state index >= 15 is 0 Å². The maximum Gasteiger partial charge on any atom is 0.252 e. The van der Waals surface area contributed by atoms with Gasteiger partial charge in [-0.25, -0.2) is 8.42 Å². The maximum absolute atomic E-state index is 12.9. The van der Waals surface area contributed by atoms with E-state index in [9.17, 15) is 13.2 Å². The zero-order valence-corrected chi connectivity index (χ0v) is 19.3. The third kappa shape index (κ3) is 5.88. The van der Waals surface area contributed by atoms with Gasteiger partial charge < -0.3 is 10.2 Å². The lowest BCUT2D eigenvalue weighted by atomic mass is 10.0. The van der Waals surface area contributed by atoms with Gasteiger partial charge >= 0.3 is 0 Å². The first-order valence-electron chi connectivity index (χ1n) is 10.3. The molecule has 2 saturated heterocycles. The SMILES string of the molecule is CC1CCCCN1CCCNC(=O)c1cc(S(=O)(=O)N2CCSCC2)ccc1Cl. The number of thioether (sulfide) groups is 1. The van der Waals surface area contributed by atoms with Crippen LogP contribution in [0.2, 0.25) is 5.02 Å². The summed E-state index contributed by atoms with van der Waals surface area (Å²) in [6.45, 7) is 5.85. The summed E-state index contributed by atoms with van der Waals surface area (Å²) >= 11 is 7.95. The molecule has 0 aromatic heterocycles. The second-order valence-electron chi connectivity index (χ2n) is 7.65. The second kappa shape index (κ2) is 10.5. The van der Waals surface area contributed by atoms with E-state index in [1.807, 2.05) is 0 Å². The predicted octanol–water partition coefficient (Wildman–Crippen LogP) is 3.07. The third-order valence-corrected chi connectivity index (χ3v) is 8.81. The summed E-state index contributed by atoms with van der Waals surface area (Å²) in [5.41, 5.74) is 0.213. The fourth-order valence-corrected chi connectivity index (χ4v) is 6.65. The zero-order chi connectivity index (χ0) is 20.9. The highest BCUT2D eigenvalue weighted by Gasteiger charge is 2.27. The summed E-state index contributed by atoms with van der Waals surface area (Å²) < 4.78 is 27.2. The molecule has 0 aliphatic carbocycles. The maximum atomic E-state index is 12.9. The van der Waals surface area contributed by atoms with Crippen LogP contribution in [0.3, 0.4) is 0 Å². The van der Waals surface area contributed by atoms with Gasteiger partial charge in [-0.3, -0.25) is 4.79 Å². The summed E-state index contributed by atoms with van der Waals surface area (Å²) in [7, 11) is -3.61. The van der Waals surface area contributed by atoms with Crippen molar-refractivity contribution in [2.24, 2.45) is 0 Å². The van der Waals surface area contributed by atoms with E-state index in [-0.39, 0.29) is 21.4 Å². The Morgan fingerprint density at radius 3 is 2.72 bits per heavy atom. The van der Waals surface area contributed by atoms with E-state index in [0.29, 0.717) is 25.7 Å². The largest absolute Gasteiger partial charge is 0.352 e. The number of carbonyl (C=O) groups is 1. The Balaban J connectivity index is 1.59. The number of nitrogens with one attached hydrogen (secondary N) is 1. The number of hydrogen-bond acceptors (Lipinski definition) is 5. The standard InChI is InChI=1S/C20H30ClN3O3S2/c1-16-5-2-3-9-23(16)10-4-8-22-20(25)18-15-17(6-7-19(18)21)29(26,27)24-11-13-28-14-12-24/h6-7,15-16H,2-5,8-14H2,1H3,(H,22,25). The number of likely N-dealkylation sites (tertiary alicyclic amines) is 1. The van der Waals surface area contributed by atoms with Crippen LogP contribution in [-0.4, -0.2) is 73.8 Å². The highest BCUT2D eigenvalue weighted by Crippen LogP contribution is 2.25. The van der Waals surface area contributed by atoms with Crippen LogP contribution >= 0.6 is 23.4 Å². The predicted molar refractivity (Wildman–Crippen MR) is 119 cm³/mol. The van der Waals surface area contributed by atoms with Crippen molar-refractivity contribution in [3.05, 3.63) is 28.8 Å². The van der Waals surface area contributed by atoms with Gasteiger partial charge in [0, 0.05) is 43.7 Å². The van der Waals surface area contributed by atoms with Crippen LogP contribution in [0, 0.1) is 0 Å². The first kappa shape index (κ1) is 22.9. The van der Waals surface area contributed by atoms with Gasteiger partial charge in [0.05, 0.1) is 15.5 Å². The zero-order valence-electron chi connectivity index (χ0n) is 16.9. The number of piperidine rings is 1. The fourth-order valence-electron chi connectivity index (χ4n) is 3.84. The van der Waals surface area contributed by atoms with Crippen LogP contribution in [0.15, 0.2) is 23.1 Å². The number of halogens is 1. The number of sulfonamides is 1. The van der Waals surface area contributed by atoms with E-state index in [4.69, 9.17) is 11.6 Å². The van der Waals surface area contributed by atoms with Crippen molar-refractivity contribution in [3.63, 3.8) is 0 Å². The van der Waals surface area contributed by atoms with Crippen molar-refractivity contribution in [1.82, 2.24) is 14.5 Å². The topological polar surface area (TPSA) is 69.7 Å². The molecule has 2 aliphatic rings. The van der Waals surface area contributed by atoms with Crippen molar-refractivity contribution in [2.75, 3.05) is 44.2 Å². The Hall–Kier alpha value is -0.800. The molecular formula is C20H30ClN3O3S2. The van der Waals surface area contributed by atoms with Crippen LogP contribution in [-0.2, 0) is 10.0 Å². The summed E-state index contributed by atoms with van der Waals surface area (Å²) in [5, 5.41) is 3.15. The Morgan fingerprint density at radius 1 is 1.24 bits per heavy atom. The van der Waals surface area contributed by atoms with Gasteiger partial charge in [0.1, 0.15) is 0 Å². The second-order valence-corrected chi connectivity index (χ2v) is 11.2. The van der Waals surface area contributed by atoms with Gasteiger partial charge in [-0.1, -0.05) is 18.0 Å². The Kier molecular flexibility index (Phi) is 8.27. The van der Waals surface area contributed by atoms with Crippen molar-refractivity contribution in [2.45, 2.75) is 43.5 Å².